The number of fused-ring (bicyclic) bond motifs is 1. The summed E-state index contributed by atoms with van der Waals surface area (Å²) in [7, 11) is 0. The number of nitrogens with zero attached hydrogens (tertiary/aromatic N) is 5. The maximum absolute atomic E-state index is 14.6. The van der Waals surface area contributed by atoms with Crippen LogP contribution in [-0.4, -0.2) is 49.5 Å². The van der Waals surface area contributed by atoms with E-state index in [9.17, 15) is 9.18 Å². The molecule has 0 aliphatic carbocycles. The van der Waals surface area contributed by atoms with Crippen molar-refractivity contribution in [2.75, 3.05) is 6.54 Å². The summed E-state index contributed by atoms with van der Waals surface area (Å²) in [6.45, 7) is 2.45. The number of rotatable bonds is 4. The highest BCUT2D eigenvalue weighted by Gasteiger charge is 2.35. The summed E-state index contributed by atoms with van der Waals surface area (Å²) in [5, 5.41) is 7.99. The molecule has 8 nitrogen and oxygen atoms in total. The Morgan fingerprint density at radius 2 is 1.97 bits per heavy atom. The molecule has 1 fully saturated rings. The van der Waals surface area contributed by atoms with Gasteiger partial charge < -0.3 is 14.1 Å². The van der Waals surface area contributed by atoms with Crippen LogP contribution in [0.25, 0.3) is 16.8 Å². The molecule has 158 valence electrons. The predicted molar refractivity (Wildman–Crippen MR) is 109 cm³/mol. The minimum absolute atomic E-state index is 0.0340. The van der Waals surface area contributed by atoms with Crippen LogP contribution in [0.4, 0.5) is 4.39 Å². The summed E-state index contributed by atoms with van der Waals surface area (Å²) in [4.78, 5) is 20.6. The zero-order valence-electron chi connectivity index (χ0n) is 16.8. The number of carbonyl (C=O) groups is 1. The zero-order chi connectivity index (χ0) is 21.4. The maximum Gasteiger partial charge on any atom is 0.394 e. The van der Waals surface area contributed by atoms with Gasteiger partial charge in [0.25, 0.3) is 5.91 Å². The van der Waals surface area contributed by atoms with E-state index in [1.54, 1.807) is 11.0 Å². The zero-order valence-corrected chi connectivity index (χ0v) is 16.8. The van der Waals surface area contributed by atoms with Crippen LogP contribution in [-0.2, 0) is 0 Å². The predicted octanol–water partition coefficient (Wildman–Crippen LogP) is 3.62. The van der Waals surface area contributed by atoms with Gasteiger partial charge in [0.05, 0.1) is 24.0 Å². The van der Waals surface area contributed by atoms with E-state index in [1.165, 1.54) is 24.5 Å². The first-order chi connectivity index (χ1) is 15.1. The number of amides is 1. The molecule has 2 aromatic heterocycles. The van der Waals surface area contributed by atoms with Crippen LogP contribution in [0.1, 0.15) is 30.1 Å². The lowest BCUT2D eigenvalue weighted by Crippen LogP contribution is -2.51. The standard InChI is InChI=1S/C22H20FN5O3/c1-14-18(30-22-26-17-8-2-3-9-19(17)31-22)10-5-13-27(14)21(29)15-6-4-7-16(23)20(15)28-24-11-12-25-28/h2-4,6-9,11-12,14,18H,5,10,13H2,1H3. The fourth-order valence-corrected chi connectivity index (χ4v) is 3.96. The van der Waals surface area contributed by atoms with Gasteiger partial charge in [-0.2, -0.15) is 15.2 Å². The van der Waals surface area contributed by atoms with Crippen LogP contribution in [0.2, 0.25) is 0 Å². The Hall–Kier alpha value is -3.75. The third-order valence-electron chi connectivity index (χ3n) is 5.54. The van der Waals surface area contributed by atoms with Crippen LogP contribution in [0.5, 0.6) is 6.08 Å². The molecule has 4 aromatic rings. The summed E-state index contributed by atoms with van der Waals surface area (Å²) in [5.41, 5.74) is 1.59. The van der Waals surface area contributed by atoms with Crippen molar-refractivity contribution < 1.29 is 18.3 Å². The Kier molecular flexibility index (Phi) is 4.85. The normalized spacial score (nSPS) is 19.0. The lowest BCUT2D eigenvalue weighted by atomic mass is 9.98. The topological polar surface area (TPSA) is 86.3 Å². The molecule has 1 amide bonds. The third-order valence-corrected chi connectivity index (χ3v) is 5.54. The highest BCUT2D eigenvalue weighted by molar-refractivity contribution is 5.98. The second-order valence-electron chi connectivity index (χ2n) is 7.44. The van der Waals surface area contributed by atoms with Crippen molar-refractivity contribution in [2.45, 2.75) is 31.9 Å². The number of carbonyl (C=O) groups excluding carboxylic acids is 1. The number of benzene rings is 2. The van der Waals surface area contributed by atoms with Crippen LogP contribution in [0.3, 0.4) is 0 Å². The number of likely N-dealkylation sites (tertiary alicyclic amines) is 1. The summed E-state index contributed by atoms with van der Waals surface area (Å²) >= 11 is 0. The highest BCUT2D eigenvalue weighted by atomic mass is 19.1. The summed E-state index contributed by atoms with van der Waals surface area (Å²) in [5.74, 6) is -0.865. The van der Waals surface area contributed by atoms with Gasteiger partial charge in [-0.05, 0) is 44.0 Å². The van der Waals surface area contributed by atoms with Crippen LogP contribution in [0, 0.1) is 5.82 Å². The summed E-state index contributed by atoms with van der Waals surface area (Å²) in [6, 6.07) is 11.5. The molecule has 1 aliphatic heterocycles. The van der Waals surface area contributed by atoms with Crippen molar-refractivity contribution in [2.24, 2.45) is 0 Å². The minimum atomic E-state index is -0.564. The second kappa shape index (κ2) is 7.82. The van der Waals surface area contributed by atoms with Gasteiger partial charge in [0.2, 0.25) is 0 Å². The Morgan fingerprint density at radius 1 is 1.16 bits per heavy atom. The molecule has 1 saturated heterocycles. The lowest BCUT2D eigenvalue weighted by molar-refractivity contribution is 0.0179. The van der Waals surface area contributed by atoms with Gasteiger partial charge in [-0.25, -0.2) is 4.39 Å². The minimum Gasteiger partial charge on any atom is -0.445 e. The third kappa shape index (κ3) is 3.52. The quantitative estimate of drug-likeness (QED) is 0.500. The smallest absolute Gasteiger partial charge is 0.394 e. The van der Waals surface area contributed by atoms with Crippen molar-refractivity contribution in [1.82, 2.24) is 24.9 Å². The van der Waals surface area contributed by atoms with Crippen molar-refractivity contribution in [3.8, 4) is 11.8 Å². The van der Waals surface area contributed by atoms with Crippen molar-refractivity contribution in [1.29, 1.82) is 0 Å². The number of hydrogen-bond acceptors (Lipinski definition) is 6. The van der Waals surface area contributed by atoms with E-state index in [0.717, 1.165) is 17.6 Å². The maximum atomic E-state index is 14.6. The van der Waals surface area contributed by atoms with E-state index >= 15 is 0 Å². The van der Waals surface area contributed by atoms with Gasteiger partial charge in [0.1, 0.15) is 17.3 Å². The van der Waals surface area contributed by atoms with Gasteiger partial charge in [-0.3, -0.25) is 4.79 Å². The number of piperidine rings is 1. The Morgan fingerprint density at radius 3 is 2.77 bits per heavy atom. The van der Waals surface area contributed by atoms with Crippen molar-refractivity contribution in [3.63, 3.8) is 0 Å². The Balaban J connectivity index is 1.41. The molecule has 0 radical (unpaired) electrons. The van der Waals surface area contributed by atoms with E-state index < -0.39 is 5.82 Å². The first-order valence-electron chi connectivity index (χ1n) is 10.1. The number of hydrogen-bond donors (Lipinski definition) is 0. The van der Waals surface area contributed by atoms with Crippen LogP contribution < -0.4 is 4.74 Å². The molecule has 9 heteroatoms. The van der Waals surface area contributed by atoms with E-state index in [0.29, 0.717) is 17.6 Å². The fraction of sp³-hybridized carbons (Fsp3) is 0.273. The van der Waals surface area contributed by atoms with Gasteiger partial charge >= 0.3 is 6.08 Å². The van der Waals surface area contributed by atoms with E-state index in [2.05, 4.69) is 15.2 Å². The molecule has 2 unspecified atom stereocenters. The molecule has 0 spiro atoms. The van der Waals surface area contributed by atoms with Crippen molar-refractivity contribution >= 4 is 17.0 Å². The molecule has 3 heterocycles. The molecule has 0 bridgehead atoms. The second-order valence-corrected chi connectivity index (χ2v) is 7.44. The van der Waals surface area contributed by atoms with Crippen LogP contribution >= 0.6 is 0 Å². The average molecular weight is 421 g/mol. The fourth-order valence-electron chi connectivity index (χ4n) is 3.96. The lowest BCUT2D eigenvalue weighted by Gasteiger charge is -2.38. The molecular weight excluding hydrogens is 401 g/mol. The Bertz CT molecular complexity index is 1190. The number of ether oxygens (including phenoxy) is 1. The molecule has 0 saturated carbocycles. The molecule has 1 aliphatic rings. The molecule has 0 N–H and O–H groups in total. The first-order valence-corrected chi connectivity index (χ1v) is 10.1. The molecule has 2 aromatic carbocycles. The molecular formula is C22H20FN5O3. The number of halogens is 1. The average Bonchev–Trinajstić information content (AvgIpc) is 3.44. The SMILES string of the molecule is CC1C(Oc2nc3ccccc3o2)CCCN1C(=O)c1cccc(F)c1-n1nccn1. The highest BCUT2D eigenvalue weighted by Crippen LogP contribution is 2.28. The van der Waals surface area contributed by atoms with Crippen molar-refractivity contribution in [3.05, 3.63) is 66.2 Å². The number of oxazole rings is 1. The van der Waals surface area contributed by atoms with E-state index in [1.807, 2.05) is 31.2 Å². The summed E-state index contributed by atoms with van der Waals surface area (Å²) in [6.07, 6.45) is 4.25. The van der Waals surface area contributed by atoms with Crippen LogP contribution in [0.15, 0.2) is 59.3 Å². The van der Waals surface area contributed by atoms with Gasteiger partial charge in [0, 0.05) is 6.54 Å². The first kappa shape index (κ1) is 19.2. The van der Waals surface area contributed by atoms with Gasteiger partial charge in [-0.15, -0.1) is 4.80 Å². The van der Waals surface area contributed by atoms with Gasteiger partial charge in [0.15, 0.2) is 11.4 Å². The van der Waals surface area contributed by atoms with E-state index in [-0.39, 0.29) is 35.4 Å². The molecule has 2 atom stereocenters. The largest absolute Gasteiger partial charge is 0.445 e. The summed E-state index contributed by atoms with van der Waals surface area (Å²) < 4.78 is 26.3. The number of para-hydroxylation sites is 3. The number of aromatic nitrogens is 4. The van der Waals surface area contributed by atoms with Gasteiger partial charge in [-0.1, -0.05) is 18.2 Å². The Labute approximate surface area is 177 Å². The molecule has 5 rings (SSSR count). The molecule has 31 heavy (non-hydrogen) atoms. The van der Waals surface area contributed by atoms with E-state index in [4.69, 9.17) is 9.15 Å². The monoisotopic (exact) mass is 421 g/mol.